The molecule has 0 bridgehead atoms. The van der Waals surface area contributed by atoms with E-state index in [0.29, 0.717) is 17.3 Å². The first-order valence-electron chi connectivity index (χ1n) is 8.24. The Hall–Kier alpha value is -1.78. The maximum atomic E-state index is 12.9. The molecule has 3 aromatic rings. The highest BCUT2D eigenvalue weighted by molar-refractivity contribution is 7.89. The molecule has 0 amide bonds. The van der Waals surface area contributed by atoms with Crippen LogP contribution in [0, 0.1) is 0 Å². The van der Waals surface area contributed by atoms with Crippen molar-refractivity contribution in [2.24, 2.45) is 0 Å². The first-order chi connectivity index (χ1) is 13.0. The van der Waals surface area contributed by atoms with Crippen molar-refractivity contribution in [1.29, 1.82) is 0 Å². The average molecular weight is 426 g/mol. The van der Waals surface area contributed by atoms with E-state index in [0.717, 1.165) is 4.88 Å². The summed E-state index contributed by atoms with van der Waals surface area (Å²) in [4.78, 5) is 5.65. The fraction of sp³-hybridized carbons (Fsp3) is 0.294. The van der Waals surface area contributed by atoms with Gasteiger partial charge in [0.1, 0.15) is 0 Å². The van der Waals surface area contributed by atoms with Gasteiger partial charge in [-0.2, -0.15) is 9.29 Å². The van der Waals surface area contributed by atoms with Gasteiger partial charge in [0, 0.05) is 29.4 Å². The quantitative estimate of drug-likeness (QED) is 0.624. The van der Waals surface area contributed by atoms with Crippen molar-refractivity contribution in [3.63, 3.8) is 0 Å². The predicted molar refractivity (Wildman–Crippen MR) is 100 cm³/mol. The molecule has 1 fully saturated rings. The Balaban J connectivity index is 1.50. The number of benzene rings is 1. The van der Waals surface area contributed by atoms with Gasteiger partial charge in [-0.25, -0.2) is 8.42 Å². The van der Waals surface area contributed by atoms with Crippen molar-refractivity contribution < 1.29 is 17.7 Å². The molecule has 0 spiro atoms. The molecule has 2 aromatic heterocycles. The van der Waals surface area contributed by atoms with Crippen molar-refractivity contribution in [2.45, 2.75) is 17.4 Å². The largest absolute Gasteiger partial charge is 0.366 e. The van der Waals surface area contributed by atoms with E-state index in [-0.39, 0.29) is 30.5 Å². The molecule has 0 unspecified atom stereocenters. The number of ether oxygens (including phenoxy) is 1. The van der Waals surface area contributed by atoms with Gasteiger partial charge in [-0.15, -0.1) is 11.3 Å². The number of aromatic nitrogens is 2. The average Bonchev–Trinajstić information content (AvgIpc) is 3.34. The van der Waals surface area contributed by atoms with Crippen LogP contribution in [-0.2, 0) is 21.2 Å². The Morgan fingerprint density at radius 1 is 1.30 bits per heavy atom. The van der Waals surface area contributed by atoms with Crippen molar-refractivity contribution in [2.75, 3.05) is 19.7 Å². The van der Waals surface area contributed by atoms with Crippen molar-refractivity contribution in [3.8, 4) is 0 Å². The van der Waals surface area contributed by atoms with E-state index in [2.05, 4.69) is 10.1 Å². The summed E-state index contributed by atoms with van der Waals surface area (Å²) in [6.07, 6.45) is -0.0319. The van der Waals surface area contributed by atoms with Crippen LogP contribution in [0.15, 0.2) is 51.2 Å². The molecular weight excluding hydrogens is 410 g/mol. The number of rotatable bonds is 5. The standard InChI is InChI=1S/C17H16ClN3O4S2/c18-12-3-1-5-14(9-12)27(22,23)21-6-7-24-15(11-21)17-19-16(20-25-17)10-13-4-2-8-26-13/h1-5,8-9,15H,6-7,10-11H2/t15-/m1/s1. The Bertz CT molecular complexity index is 1020. The molecule has 0 aliphatic carbocycles. The third-order valence-electron chi connectivity index (χ3n) is 4.13. The molecular formula is C17H16ClN3O4S2. The maximum Gasteiger partial charge on any atom is 0.257 e. The number of nitrogens with zero attached hydrogens (tertiary/aromatic N) is 3. The number of thiophene rings is 1. The fourth-order valence-electron chi connectivity index (χ4n) is 2.81. The van der Waals surface area contributed by atoms with E-state index in [1.165, 1.54) is 16.4 Å². The Kier molecular flexibility index (Phi) is 5.29. The SMILES string of the molecule is O=S(=O)(c1cccc(Cl)c1)N1CCO[C@@H](c2nc(Cc3cccs3)no2)C1. The monoisotopic (exact) mass is 425 g/mol. The van der Waals surface area contributed by atoms with Gasteiger partial charge in [-0.1, -0.05) is 28.9 Å². The predicted octanol–water partition coefficient (Wildman–Crippen LogP) is 3.14. The number of halogens is 1. The van der Waals surface area contributed by atoms with Gasteiger partial charge in [-0.05, 0) is 29.6 Å². The van der Waals surface area contributed by atoms with Crippen molar-refractivity contribution in [1.82, 2.24) is 14.4 Å². The molecule has 7 nitrogen and oxygen atoms in total. The fourth-order valence-corrected chi connectivity index (χ4v) is 5.24. The lowest BCUT2D eigenvalue weighted by molar-refractivity contribution is -0.0199. The molecule has 0 radical (unpaired) electrons. The van der Waals surface area contributed by atoms with Crippen LogP contribution in [0.25, 0.3) is 0 Å². The van der Waals surface area contributed by atoms with E-state index >= 15 is 0 Å². The Morgan fingerprint density at radius 3 is 2.96 bits per heavy atom. The molecule has 1 saturated heterocycles. The van der Waals surface area contributed by atoms with Crippen LogP contribution in [0.3, 0.4) is 0 Å². The molecule has 0 saturated carbocycles. The lowest BCUT2D eigenvalue weighted by atomic mass is 10.3. The summed E-state index contributed by atoms with van der Waals surface area (Å²) in [5, 5.41) is 6.33. The first kappa shape index (κ1) is 18.6. The van der Waals surface area contributed by atoms with E-state index in [4.69, 9.17) is 20.9 Å². The van der Waals surface area contributed by atoms with E-state index in [1.54, 1.807) is 23.5 Å². The van der Waals surface area contributed by atoms with E-state index in [9.17, 15) is 8.42 Å². The normalized spacial score (nSPS) is 18.6. The summed E-state index contributed by atoms with van der Waals surface area (Å²) < 4.78 is 38.1. The zero-order chi connectivity index (χ0) is 18.9. The van der Waals surface area contributed by atoms with Gasteiger partial charge in [-0.3, -0.25) is 0 Å². The summed E-state index contributed by atoms with van der Waals surface area (Å²) in [7, 11) is -3.68. The summed E-state index contributed by atoms with van der Waals surface area (Å²) in [6.45, 7) is 0.601. The summed E-state index contributed by atoms with van der Waals surface area (Å²) in [5.74, 6) is 0.832. The van der Waals surface area contributed by atoms with Crippen molar-refractivity contribution >= 4 is 33.0 Å². The highest BCUT2D eigenvalue weighted by Crippen LogP contribution is 2.27. The number of hydrogen-bond acceptors (Lipinski definition) is 7. The number of morpholine rings is 1. The van der Waals surface area contributed by atoms with Gasteiger partial charge < -0.3 is 9.26 Å². The second kappa shape index (κ2) is 7.69. The van der Waals surface area contributed by atoms with Crippen LogP contribution in [0.2, 0.25) is 5.02 Å². The highest BCUT2D eigenvalue weighted by Gasteiger charge is 2.34. The molecule has 142 valence electrons. The summed E-state index contributed by atoms with van der Waals surface area (Å²) in [6, 6.07) is 10.2. The van der Waals surface area contributed by atoms with Crippen LogP contribution in [0.1, 0.15) is 22.7 Å². The lowest BCUT2D eigenvalue weighted by Gasteiger charge is -2.30. The minimum Gasteiger partial charge on any atom is -0.366 e. The third kappa shape index (κ3) is 4.07. The number of hydrogen-bond donors (Lipinski definition) is 0. The molecule has 3 heterocycles. The zero-order valence-electron chi connectivity index (χ0n) is 14.1. The minimum atomic E-state index is -3.68. The minimum absolute atomic E-state index is 0.107. The lowest BCUT2D eigenvalue weighted by Crippen LogP contribution is -2.42. The zero-order valence-corrected chi connectivity index (χ0v) is 16.5. The second-order valence-electron chi connectivity index (χ2n) is 5.98. The van der Waals surface area contributed by atoms with Crippen LogP contribution >= 0.6 is 22.9 Å². The molecule has 27 heavy (non-hydrogen) atoms. The number of sulfonamides is 1. The molecule has 10 heteroatoms. The smallest absolute Gasteiger partial charge is 0.257 e. The second-order valence-corrected chi connectivity index (χ2v) is 9.39. The van der Waals surface area contributed by atoms with Gasteiger partial charge in [0.15, 0.2) is 11.9 Å². The molecule has 0 N–H and O–H groups in total. The van der Waals surface area contributed by atoms with Crippen molar-refractivity contribution in [3.05, 3.63) is 63.4 Å². The van der Waals surface area contributed by atoms with Crippen LogP contribution in [0.5, 0.6) is 0 Å². The topological polar surface area (TPSA) is 85.5 Å². The molecule has 1 aliphatic rings. The van der Waals surface area contributed by atoms with Crippen LogP contribution in [0.4, 0.5) is 0 Å². The molecule has 1 aliphatic heterocycles. The van der Waals surface area contributed by atoms with E-state index in [1.807, 2.05) is 17.5 Å². The van der Waals surface area contributed by atoms with Gasteiger partial charge in [0.25, 0.3) is 5.89 Å². The van der Waals surface area contributed by atoms with E-state index < -0.39 is 16.1 Å². The van der Waals surface area contributed by atoms with Gasteiger partial charge in [0.2, 0.25) is 10.0 Å². The summed E-state index contributed by atoms with van der Waals surface area (Å²) in [5.41, 5.74) is 0. The molecule has 4 rings (SSSR count). The van der Waals surface area contributed by atoms with Gasteiger partial charge >= 0.3 is 0 Å². The maximum absolute atomic E-state index is 12.9. The third-order valence-corrected chi connectivity index (χ3v) is 7.11. The van der Waals surface area contributed by atoms with Crippen LogP contribution < -0.4 is 0 Å². The summed E-state index contributed by atoms with van der Waals surface area (Å²) >= 11 is 7.55. The molecule has 1 aromatic carbocycles. The van der Waals surface area contributed by atoms with Gasteiger partial charge in [0.05, 0.1) is 11.5 Å². The Labute approximate surface area is 165 Å². The highest BCUT2D eigenvalue weighted by atomic mass is 35.5. The van der Waals surface area contributed by atoms with Crippen LogP contribution in [-0.4, -0.2) is 42.6 Å². The Morgan fingerprint density at radius 2 is 2.19 bits per heavy atom. The molecule has 1 atom stereocenters. The first-order valence-corrected chi connectivity index (χ1v) is 10.9.